The third kappa shape index (κ3) is 4.39. The monoisotopic (exact) mass is 286 g/mol. The molecule has 4 heteroatoms. The van der Waals surface area contributed by atoms with E-state index >= 15 is 0 Å². The van der Waals surface area contributed by atoms with E-state index < -0.39 is 8.56 Å². The van der Waals surface area contributed by atoms with Crippen LogP contribution in [0.25, 0.3) is 0 Å². The normalized spacial score (nSPS) is 13.6. The molecular formula is C14H23ClO2Si. The predicted octanol–water partition coefficient (Wildman–Crippen LogP) is 3.98. The molecular weight excluding hydrogens is 264 g/mol. The van der Waals surface area contributed by atoms with Gasteiger partial charge in [-0.2, -0.15) is 0 Å². The van der Waals surface area contributed by atoms with Gasteiger partial charge in [0.25, 0.3) is 0 Å². The van der Waals surface area contributed by atoms with E-state index in [2.05, 4.69) is 30.8 Å². The molecule has 0 aromatic heterocycles. The molecule has 0 radical (unpaired) electrons. The van der Waals surface area contributed by atoms with Crippen LogP contribution in [0.4, 0.5) is 0 Å². The van der Waals surface area contributed by atoms with Crippen LogP contribution in [0, 0.1) is 0 Å². The lowest BCUT2D eigenvalue weighted by Gasteiger charge is -2.33. The summed E-state index contributed by atoms with van der Waals surface area (Å²) in [5.74, 6) is 0.581. The van der Waals surface area contributed by atoms with Crippen molar-refractivity contribution in [1.29, 1.82) is 0 Å². The topological polar surface area (TPSA) is 18.5 Å². The van der Waals surface area contributed by atoms with Gasteiger partial charge in [0.05, 0.1) is 0 Å². The van der Waals surface area contributed by atoms with E-state index in [1.165, 1.54) is 5.56 Å². The van der Waals surface area contributed by atoms with Crippen molar-refractivity contribution in [2.24, 2.45) is 0 Å². The minimum atomic E-state index is -2.19. The molecule has 0 saturated carbocycles. The number of halogens is 1. The van der Waals surface area contributed by atoms with Crippen LogP contribution in [-0.4, -0.2) is 27.7 Å². The van der Waals surface area contributed by atoms with Crippen LogP contribution in [-0.2, 0) is 15.3 Å². The number of alkyl halides is 1. The second kappa shape index (κ2) is 7.95. The zero-order valence-corrected chi connectivity index (χ0v) is 13.2. The maximum Gasteiger partial charge on any atom is 0.339 e. The molecule has 1 atom stereocenters. The number of benzene rings is 1. The van der Waals surface area contributed by atoms with Gasteiger partial charge in [-0.25, -0.2) is 0 Å². The van der Waals surface area contributed by atoms with Crippen LogP contribution in [0.5, 0.6) is 0 Å². The molecule has 1 aromatic rings. The van der Waals surface area contributed by atoms with Gasteiger partial charge < -0.3 is 8.85 Å². The van der Waals surface area contributed by atoms with Crippen molar-refractivity contribution in [2.45, 2.75) is 32.4 Å². The zero-order valence-electron chi connectivity index (χ0n) is 11.5. The fraction of sp³-hybridized carbons (Fsp3) is 0.571. The maximum atomic E-state index is 6.15. The van der Waals surface area contributed by atoms with Crippen molar-refractivity contribution in [3.05, 3.63) is 35.9 Å². The van der Waals surface area contributed by atoms with Crippen molar-refractivity contribution in [3.8, 4) is 0 Å². The van der Waals surface area contributed by atoms with Gasteiger partial charge >= 0.3 is 8.56 Å². The first-order valence-corrected chi connectivity index (χ1v) is 9.46. The molecule has 0 fully saturated rings. The highest BCUT2D eigenvalue weighted by molar-refractivity contribution is 6.68. The van der Waals surface area contributed by atoms with Crippen molar-refractivity contribution in [3.63, 3.8) is 0 Å². The summed E-state index contributed by atoms with van der Waals surface area (Å²) in [6.45, 7) is 7.52. The SMILES string of the molecule is CCO[Si](C)(OCC)C(CCl)Cc1ccccc1. The minimum Gasteiger partial charge on any atom is -0.394 e. The molecule has 0 aliphatic heterocycles. The Labute approximate surface area is 117 Å². The third-order valence-corrected chi connectivity index (χ3v) is 7.36. The average molecular weight is 287 g/mol. The molecule has 1 unspecified atom stereocenters. The Kier molecular flexibility index (Phi) is 6.93. The van der Waals surface area contributed by atoms with Crippen LogP contribution in [0.3, 0.4) is 0 Å². The quantitative estimate of drug-likeness (QED) is 0.531. The first-order valence-electron chi connectivity index (χ1n) is 6.54. The van der Waals surface area contributed by atoms with E-state index in [0.29, 0.717) is 19.1 Å². The maximum absolute atomic E-state index is 6.15. The highest BCUT2D eigenvalue weighted by Crippen LogP contribution is 2.29. The van der Waals surface area contributed by atoms with Crippen LogP contribution >= 0.6 is 11.6 Å². The van der Waals surface area contributed by atoms with Gasteiger partial charge in [0.1, 0.15) is 0 Å². The molecule has 2 nitrogen and oxygen atoms in total. The molecule has 0 aliphatic carbocycles. The molecule has 0 aliphatic rings. The van der Waals surface area contributed by atoms with Crippen LogP contribution in [0.1, 0.15) is 19.4 Å². The van der Waals surface area contributed by atoms with Gasteiger partial charge in [-0.1, -0.05) is 30.3 Å². The summed E-state index contributed by atoms with van der Waals surface area (Å²) in [6.07, 6.45) is 0.924. The smallest absolute Gasteiger partial charge is 0.339 e. The standard InChI is InChI=1S/C14H23ClO2Si/c1-4-16-18(3,17-5-2)14(12-15)11-13-9-7-6-8-10-13/h6-10,14H,4-5,11-12H2,1-3H3. The minimum absolute atomic E-state index is 0.279. The van der Waals surface area contributed by atoms with Crippen LogP contribution in [0.2, 0.25) is 12.1 Å². The Hall–Kier alpha value is -0.353. The molecule has 0 spiro atoms. The molecule has 0 heterocycles. The summed E-state index contributed by atoms with van der Waals surface area (Å²) in [5.41, 5.74) is 1.57. The first-order chi connectivity index (χ1) is 8.66. The number of hydrogen-bond acceptors (Lipinski definition) is 2. The molecule has 1 aromatic carbocycles. The van der Waals surface area contributed by atoms with E-state index in [1.807, 2.05) is 19.9 Å². The highest BCUT2D eigenvalue weighted by atomic mass is 35.5. The Balaban J connectivity index is 2.79. The van der Waals surface area contributed by atoms with Gasteiger partial charge in [0.15, 0.2) is 0 Å². The van der Waals surface area contributed by atoms with Crippen LogP contribution in [0.15, 0.2) is 30.3 Å². The predicted molar refractivity (Wildman–Crippen MR) is 79.5 cm³/mol. The van der Waals surface area contributed by atoms with E-state index in [1.54, 1.807) is 0 Å². The summed E-state index contributed by atoms with van der Waals surface area (Å²) in [6, 6.07) is 10.4. The Morgan fingerprint density at radius 1 is 1.11 bits per heavy atom. The molecule has 102 valence electrons. The number of rotatable bonds is 8. The Morgan fingerprint density at radius 2 is 1.67 bits per heavy atom. The summed E-state index contributed by atoms with van der Waals surface area (Å²) < 4.78 is 11.9. The van der Waals surface area contributed by atoms with E-state index in [-0.39, 0.29) is 5.54 Å². The van der Waals surface area contributed by atoms with E-state index in [9.17, 15) is 0 Å². The van der Waals surface area contributed by atoms with Crippen molar-refractivity contribution in [2.75, 3.05) is 19.1 Å². The Morgan fingerprint density at radius 3 is 2.11 bits per heavy atom. The lowest BCUT2D eigenvalue weighted by molar-refractivity contribution is 0.180. The Bertz CT molecular complexity index is 326. The molecule has 18 heavy (non-hydrogen) atoms. The molecule has 1 rings (SSSR count). The largest absolute Gasteiger partial charge is 0.394 e. The molecule has 0 amide bonds. The fourth-order valence-electron chi connectivity index (χ4n) is 2.13. The molecule has 0 N–H and O–H groups in total. The number of hydrogen-bond donors (Lipinski definition) is 0. The third-order valence-electron chi connectivity index (χ3n) is 3.11. The van der Waals surface area contributed by atoms with Gasteiger partial charge in [-0.15, -0.1) is 11.6 Å². The summed E-state index contributed by atoms with van der Waals surface area (Å²) in [5, 5.41) is 0. The summed E-state index contributed by atoms with van der Waals surface area (Å²) >= 11 is 6.15. The van der Waals surface area contributed by atoms with Crippen molar-refractivity contribution in [1.82, 2.24) is 0 Å². The van der Waals surface area contributed by atoms with Crippen molar-refractivity contribution < 1.29 is 8.85 Å². The summed E-state index contributed by atoms with van der Waals surface area (Å²) in [7, 11) is -2.19. The van der Waals surface area contributed by atoms with Gasteiger partial charge in [-0.05, 0) is 32.4 Å². The zero-order chi connectivity index (χ0) is 13.4. The molecule has 0 bridgehead atoms. The summed E-state index contributed by atoms with van der Waals surface area (Å²) in [4.78, 5) is 0. The highest BCUT2D eigenvalue weighted by Gasteiger charge is 2.40. The lowest BCUT2D eigenvalue weighted by atomic mass is 10.1. The van der Waals surface area contributed by atoms with Crippen molar-refractivity contribution >= 4 is 20.2 Å². The van der Waals surface area contributed by atoms with E-state index in [0.717, 1.165) is 6.42 Å². The fourth-order valence-corrected chi connectivity index (χ4v) is 5.67. The van der Waals surface area contributed by atoms with Gasteiger partial charge in [0, 0.05) is 24.6 Å². The second-order valence-electron chi connectivity index (χ2n) is 4.42. The average Bonchev–Trinajstić information content (AvgIpc) is 2.37. The van der Waals surface area contributed by atoms with Crippen LogP contribution < -0.4 is 0 Å². The molecule has 0 saturated heterocycles. The lowest BCUT2D eigenvalue weighted by Crippen LogP contribution is -2.45. The first kappa shape index (κ1) is 15.7. The van der Waals surface area contributed by atoms with Gasteiger partial charge in [0.2, 0.25) is 0 Å². The van der Waals surface area contributed by atoms with E-state index in [4.69, 9.17) is 20.5 Å². The second-order valence-corrected chi connectivity index (χ2v) is 8.16. The van der Waals surface area contributed by atoms with Gasteiger partial charge in [-0.3, -0.25) is 0 Å².